The van der Waals surface area contributed by atoms with Gasteiger partial charge >= 0.3 is 0 Å². The first-order valence-corrected chi connectivity index (χ1v) is 14.4. The molecule has 1 fully saturated rings. The fourth-order valence-corrected chi connectivity index (χ4v) is 6.05. The molecule has 36 heavy (non-hydrogen) atoms. The third-order valence-electron chi connectivity index (χ3n) is 6.75. The Hall–Kier alpha value is -2.84. The molecule has 0 saturated carbocycles. The predicted molar refractivity (Wildman–Crippen MR) is 146 cm³/mol. The molecular formula is C28H37N3O4S. The molecule has 4 rings (SSSR count). The Morgan fingerprint density at radius 2 is 1.86 bits per heavy atom. The molecule has 194 valence electrons. The average Bonchev–Trinajstić information content (AvgIpc) is 2.85. The number of aryl methyl sites for hydroxylation is 1. The molecule has 2 aromatic carbocycles. The number of pyridine rings is 1. The van der Waals surface area contributed by atoms with Crippen LogP contribution < -0.4 is 14.2 Å². The highest BCUT2D eigenvalue weighted by molar-refractivity contribution is 7.92. The molecular weight excluding hydrogens is 474 g/mol. The van der Waals surface area contributed by atoms with E-state index < -0.39 is 10.0 Å². The highest BCUT2D eigenvalue weighted by atomic mass is 32.2. The smallest absolute Gasteiger partial charge is 0.232 e. The summed E-state index contributed by atoms with van der Waals surface area (Å²) in [5.74, 6) is 2.15. The number of benzene rings is 2. The van der Waals surface area contributed by atoms with Gasteiger partial charge in [0.2, 0.25) is 10.0 Å². The number of fused-ring (bicyclic) bond motifs is 1. The van der Waals surface area contributed by atoms with Crippen molar-refractivity contribution in [3.05, 3.63) is 59.8 Å². The Morgan fingerprint density at radius 3 is 2.61 bits per heavy atom. The number of likely N-dealkylation sites (tertiary alicyclic amines) is 1. The van der Waals surface area contributed by atoms with Crippen LogP contribution in [-0.2, 0) is 16.4 Å². The molecule has 0 atom stereocenters. The van der Waals surface area contributed by atoms with Crippen LogP contribution in [0.4, 0.5) is 5.69 Å². The summed E-state index contributed by atoms with van der Waals surface area (Å²) in [4.78, 5) is 7.04. The number of rotatable bonds is 11. The van der Waals surface area contributed by atoms with Crippen LogP contribution >= 0.6 is 0 Å². The van der Waals surface area contributed by atoms with Gasteiger partial charge in [0.1, 0.15) is 18.1 Å². The average molecular weight is 512 g/mol. The Labute approximate surface area is 214 Å². The summed E-state index contributed by atoms with van der Waals surface area (Å²) in [6, 6.07) is 15.8. The van der Waals surface area contributed by atoms with Crippen LogP contribution in [0.2, 0.25) is 0 Å². The lowest BCUT2D eigenvalue weighted by molar-refractivity contribution is 0.155. The van der Waals surface area contributed by atoms with Crippen molar-refractivity contribution < 1.29 is 17.9 Å². The quantitative estimate of drug-likeness (QED) is 0.389. The molecule has 0 radical (unpaired) electrons. The zero-order chi connectivity index (χ0) is 25.5. The standard InChI is InChI=1S/C28H37N3O4S/c1-4-19-36(32,33)30-26-9-5-7-23(28(26)34-3)20-22-13-15-31(16-14-22)17-18-35-27-10-6-8-25-24(27)12-11-21(2)29-25/h5-12,22,30H,4,13-20H2,1-3H3. The molecule has 3 aromatic rings. The highest BCUT2D eigenvalue weighted by Crippen LogP contribution is 2.33. The van der Waals surface area contributed by atoms with Gasteiger partial charge in [0, 0.05) is 17.6 Å². The maximum Gasteiger partial charge on any atom is 0.232 e. The first kappa shape index (κ1) is 26.2. The number of hydrogen-bond donors (Lipinski definition) is 1. The van der Waals surface area contributed by atoms with E-state index in [2.05, 4.69) is 20.7 Å². The van der Waals surface area contributed by atoms with Crippen LogP contribution in [0.3, 0.4) is 0 Å². The maximum absolute atomic E-state index is 12.3. The predicted octanol–water partition coefficient (Wildman–Crippen LogP) is 5.04. The van der Waals surface area contributed by atoms with E-state index in [0.29, 0.717) is 30.4 Å². The normalized spacial score (nSPS) is 15.2. The van der Waals surface area contributed by atoms with E-state index in [1.165, 1.54) is 0 Å². The Bertz CT molecular complexity index is 1270. The van der Waals surface area contributed by atoms with Gasteiger partial charge in [0.15, 0.2) is 0 Å². The van der Waals surface area contributed by atoms with Crippen molar-refractivity contribution in [1.82, 2.24) is 9.88 Å². The minimum atomic E-state index is -3.37. The number of sulfonamides is 1. The molecule has 1 aliphatic heterocycles. The summed E-state index contributed by atoms with van der Waals surface area (Å²) in [5, 5.41) is 1.05. The molecule has 1 aliphatic rings. The number of nitrogens with one attached hydrogen (secondary N) is 1. The lowest BCUT2D eigenvalue weighted by Gasteiger charge is -2.32. The number of anilines is 1. The molecule has 1 saturated heterocycles. The second kappa shape index (κ2) is 11.9. The topological polar surface area (TPSA) is 80.8 Å². The number of methoxy groups -OCH3 is 1. The minimum absolute atomic E-state index is 0.0968. The zero-order valence-corrected chi connectivity index (χ0v) is 22.3. The molecule has 0 spiro atoms. The van der Waals surface area contributed by atoms with Gasteiger partial charge in [0.25, 0.3) is 0 Å². The highest BCUT2D eigenvalue weighted by Gasteiger charge is 2.22. The maximum atomic E-state index is 12.3. The SMILES string of the molecule is CCCS(=O)(=O)Nc1cccc(CC2CCN(CCOc3cccc4nc(C)ccc34)CC2)c1OC. The van der Waals surface area contributed by atoms with Crippen LogP contribution in [0, 0.1) is 12.8 Å². The van der Waals surface area contributed by atoms with Crippen LogP contribution in [0.15, 0.2) is 48.5 Å². The molecule has 1 N–H and O–H groups in total. The molecule has 2 heterocycles. The number of ether oxygens (including phenoxy) is 2. The Kier molecular flexibility index (Phi) is 8.69. The number of hydrogen-bond acceptors (Lipinski definition) is 6. The Balaban J connectivity index is 1.29. The number of aromatic nitrogens is 1. The van der Waals surface area contributed by atoms with Gasteiger partial charge in [-0.05, 0) is 87.5 Å². The Morgan fingerprint density at radius 1 is 1.08 bits per heavy atom. The monoisotopic (exact) mass is 511 g/mol. The van der Waals surface area contributed by atoms with Crippen molar-refractivity contribution in [2.75, 3.05) is 43.8 Å². The summed E-state index contributed by atoms with van der Waals surface area (Å²) in [6.45, 7) is 7.43. The van der Waals surface area contributed by atoms with Crippen molar-refractivity contribution in [2.45, 2.75) is 39.5 Å². The number of nitrogens with zero attached hydrogens (tertiary/aromatic N) is 2. The van der Waals surface area contributed by atoms with Gasteiger partial charge in [0.05, 0.1) is 24.1 Å². The molecule has 7 nitrogen and oxygen atoms in total. The first-order valence-electron chi connectivity index (χ1n) is 12.8. The second-order valence-electron chi connectivity index (χ2n) is 9.53. The van der Waals surface area contributed by atoms with E-state index in [9.17, 15) is 8.42 Å². The van der Waals surface area contributed by atoms with Crippen LogP contribution in [0.5, 0.6) is 11.5 Å². The van der Waals surface area contributed by atoms with E-state index in [-0.39, 0.29) is 5.75 Å². The van der Waals surface area contributed by atoms with Gasteiger partial charge in [-0.25, -0.2) is 8.42 Å². The largest absolute Gasteiger partial charge is 0.494 e. The molecule has 1 aromatic heterocycles. The lowest BCUT2D eigenvalue weighted by Crippen LogP contribution is -2.37. The summed E-state index contributed by atoms with van der Waals surface area (Å²) in [5.41, 5.74) is 3.54. The fraction of sp³-hybridized carbons (Fsp3) is 0.464. The third kappa shape index (κ3) is 6.68. The van der Waals surface area contributed by atoms with E-state index in [4.69, 9.17) is 9.47 Å². The van der Waals surface area contributed by atoms with E-state index >= 15 is 0 Å². The molecule has 0 amide bonds. The number of piperidine rings is 1. The number of para-hydroxylation sites is 1. The zero-order valence-electron chi connectivity index (χ0n) is 21.5. The summed E-state index contributed by atoms with van der Waals surface area (Å²) in [6.07, 6.45) is 3.62. The minimum Gasteiger partial charge on any atom is -0.494 e. The van der Waals surface area contributed by atoms with Gasteiger partial charge in [-0.3, -0.25) is 14.6 Å². The van der Waals surface area contributed by atoms with Crippen molar-refractivity contribution >= 4 is 26.6 Å². The molecule has 0 bridgehead atoms. The van der Waals surface area contributed by atoms with E-state index in [0.717, 1.165) is 66.8 Å². The van der Waals surface area contributed by atoms with Gasteiger partial charge in [-0.15, -0.1) is 0 Å². The van der Waals surface area contributed by atoms with Gasteiger partial charge in [-0.2, -0.15) is 0 Å². The van der Waals surface area contributed by atoms with Crippen molar-refractivity contribution in [3.63, 3.8) is 0 Å². The lowest BCUT2D eigenvalue weighted by atomic mass is 9.89. The molecule has 8 heteroatoms. The summed E-state index contributed by atoms with van der Waals surface area (Å²) in [7, 11) is -1.77. The second-order valence-corrected chi connectivity index (χ2v) is 11.4. The van der Waals surface area contributed by atoms with Crippen LogP contribution in [0.25, 0.3) is 10.9 Å². The van der Waals surface area contributed by atoms with Crippen molar-refractivity contribution in [1.29, 1.82) is 0 Å². The van der Waals surface area contributed by atoms with Crippen LogP contribution in [-0.4, -0.2) is 57.4 Å². The summed E-state index contributed by atoms with van der Waals surface area (Å²) >= 11 is 0. The molecule has 0 aliphatic carbocycles. The van der Waals surface area contributed by atoms with E-state index in [1.54, 1.807) is 13.2 Å². The molecule has 0 unspecified atom stereocenters. The fourth-order valence-electron chi connectivity index (χ4n) is 4.92. The summed E-state index contributed by atoms with van der Waals surface area (Å²) < 4.78 is 39.0. The first-order chi connectivity index (χ1) is 17.4. The van der Waals surface area contributed by atoms with Crippen LogP contribution in [0.1, 0.15) is 37.4 Å². The third-order valence-corrected chi connectivity index (χ3v) is 8.23. The van der Waals surface area contributed by atoms with Gasteiger partial charge in [-0.1, -0.05) is 25.1 Å². The van der Waals surface area contributed by atoms with Crippen molar-refractivity contribution in [3.8, 4) is 11.5 Å². The van der Waals surface area contributed by atoms with Gasteiger partial charge < -0.3 is 9.47 Å². The van der Waals surface area contributed by atoms with E-state index in [1.807, 2.05) is 50.2 Å². The van der Waals surface area contributed by atoms with Crippen molar-refractivity contribution in [2.24, 2.45) is 5.92 Å².